The molecule has 1 aliphatic heterocycles. The highest BCUT2D eigenvalue weighted by atomic mass is 16.1. The molecule has 6 heteroatoms. The van der Waals surface area contributed by atoms with Gasteiger partial charge in [0, 0.05) is 37.6 Å². The van der Waals surface area contributed by atoms with E-state index in [1.165, 1.54) is 5.69 Å². The largest absolute Gasteiger partial charge is 0.340 e. The van der Waals surface area contributed by atoms with E-state index in [0.717, 1.165) is 56.6 Å². The van der Waals surface area contributed by atoms with Crippen molar-refractivity contribution in [3.8, 4) is 0 Å². The van der Waals surface area contributed by atoms with E-state index in [1.54, 1.807) is 6.33 Å². The molecule has 4 aromatic rings. The lowest BCUT2D eigenvalue weighted by atomic mass is 10.0. The third-order valence-electron chi connectivity index (χ3n) is 6.52. The van der Waals surface area contributed by atoms with Crippen molar-refractivity contribution >= 4 is 22.3 Å². The standard InChI is InChI=1S/C27H29N5O/c33-27-25-11-4-5-12-26(25)29-21-32(27)23-13-18-30(19-14-23)16-7-17-31(22-8-2-1-3-9-22)24-10-6-15-28-20-24/h1-6,8-12,15,20-21,23H,7,13-14,16-19H2. The van der Waals surface area contributed by atoms with Crippen molar-refractivity contribution in [3.63, 3.8) is 0 Å². The molecule has 1 aliphatic rings. The monoisotopic (exact) mass is 439 g/mol. The molecular formula is C27H29N5O. The fourth-order valence-electron chi connectivity index (χ4n) is 4.75. The van der Waals surface area contributed by atoms with Crippen molar-refractivity contribution in [1.82, 2.24) is 19.4 Å². The number of likely N-dealkylation sites (tertiary alicyclic amines) is 1. The van der Waals surface area contributed by atoms with Crippen molar-refractivity contribution < 1.29 is 0 Å². The van der Waals surface area contributed by atoms with Gasteiger partial charge in [0.15, 0.2) is 0 Å². The van der Waals surface area contributed by atoms with E-state index in [2.05, 4.69) is 50.1 Å². The number of benzene rings is 2. The maximum absolute atomic E-state index is 12.9. The molecule has 33 heavy (non-hydrogen) atoms. The van der Waals surface area contributed by atoms with Gasteiger partial charge in [-0.25, -0.2) is 4.98 Å². The Kier molecular flexibility index (Phi) is 6.44. The first-order chi connectivity index (χ1) is 16.3. The second-order valence-corrected chi connectivity index (χ2v) is 8.60. The number of rotatable bonds is 7. The minimum absolute atomic E-state index is 0.0778. The van der Waals surface area contributed by atoms with Gasteiger partial charge in [-0.1, -0.05) is 30.3 Å². The third kappa shape index (κ3) is 4.81. The summed E-state index contributed by atoms with van der Waals surface area (Å²) < 4.78 is 1.85. The van der Waals surface area contributed by atoms with Crippen LogP contribution in [-0.2, 0) is 0 Å². The van der Waals surface area contributed by atoms with E-state index in [9.17, 15) is 4.79 Å². The van der Waals surface area contributed by atoms with Crippen LogP contribution in [0.3, 0.4) is 0 Å². The number of anilines is 2. The topological polar surface area (TPSA) is 54.3 Å². The molecule has 0 aliphatic carbocycles. The fraction of sp³-hybridized carbons (Fsp3) is 0.296. The number of aromatic nitrogens is 3. The second kappa shape index (κ2) is 9.96. The Morgan fingerprint density at radius 2 is 1.67 bits per heavy atom. The molecule has 0 radical (unpaired) electrons. The summed E-state index contributed by atoms with van der Waals surface area (Å²) in [6, 6.07) is 22.4. The summed E-state index contributed by atoms with van der Waals surface area (Å²) in [4.78, 5) is 26.6. The summed E-state index contributed by atoms with van der Waals surface area (Å²) in [5, 5.41) is 0.707. The predicted octanol–water partition coefficient (Wildman–Crippen LogP) is 4.66. The first kappa shape index (κ1) is 21.3. The summed E-state index contributed by atoms with van der Waals surface area (Å²) in [5.41, 5.74) is 3.15. The van der Waals surface area contributed by atoms with E-state index < -0.39 is 0 Å². The van der Waals surface area contributed by atoms with Crippen molar-refractivity contribution in [2.24, 2.45) is 0 Å². The number of pyridine rings is 1. The van der Waals surface area contributed by atoms with Crippen LogP contribution in [0.25, 0.3) is 10.9 Å². The Bertz CT molecular complexity index is 1190. The fourth-order valence-corrected chi connectivity index (χ4v) is 4.75. The van der Waals surface area contributed by atoms with Crippen LogP contribution in [0.1, 0.15) is 25.3 Å². The summed E-state index contributed by atoms with van der Waals surface area (Å²) in [7, 11) is 0. The molecule has 6 nitrogen and oxygen atoms in total. The average Bonchev–Trinajstić information content (AvgIpc) is 2.89. The highest BCUT2D eigenvalue weighted by Gasteiger charge is 2.22. The molecule has 2 aromatic heterocycles. The van der Waals surface area contributed by atoms with E-state index >= 15 is 0 Å². The minimum Gasteiger partial charge on any atom is -0.340 e. The maximum atomic E-state index is 12.9. The Balaban J connectivity index is 1.19. The normalized spacial score (nSPS) is 15.0. The summed E-state index contributed by atoms with van der Waals surface area (Å²) >= 11 is 0. The Labute approximate surface area is 194 Å². The van der Waals surface area contributed by atoms with Crippen molar-refractivity contribution in [3.05, 3.63) is 95.8 Å². The van der Waals surface area contributed by atoms with Crippen molar-refractivity contribution in [1.29, 1.82) is 0 Å². The summed E-state index contributed by atoms with van der Waals surface area (Å²) in [5.74, 6) is 0. The Morgan fingerprint density at radius 3 is 2.45 bits per heavy atom. The van der Waals surface area contributed by atoms with Gasteiger partial charge in [-0.3, -0.25) is 14.3 Å². The lowest BCUT2D eigenvalue weighted by Gasteiger charge is -2.33. The molecule has 0 atom stereocenters. The molecule has 0 amide bonds. The number of hydrogen-bond donors (Lipinski definition) is 0. The van der Waals surface area contributed by atoms with Crippen LogP contribution in [-0.4, -0.2) is 45.6 Å². The van der Waals surface area contributed by atoms with Gasteiger partial charge in [0.1, 0.15) is 0 Å². The zero-order valence-corrected chi connectivity index (χ0v) is 18.8. The van der Waals surface area contributed by atoms with Crippen LogP contribution in [0, 0.1) is 0 Å². The third-order valence-corrected chi connectivity index (χ3v) is 6.52. The Hall–Kier alpha value is -3.51. The van der Waals surface area contributed by atoms with E-state index in [1.807, 2.05) is 53.4 Å². The number of hydrogen-bond acceptors (Lipinski definition) is 5. The first-order valence-corrected chi connectivity index (χ1v) is 11.7. The highest BCUT2D eigenvalue weighted by Crippen LogP contribution is 2.25. The lowest BCUT2D eigenvalue weighted by molar-refractivity contribution is 0.183. The molecule has 0 bridgehead atoms. The second-order valence-electron chi connectivity index (χ2n) is 8.60. The average molecular weight is 440 g/mol. The number of nitrogens with zero attached hydrogens (tertiary/aromatic N) is 5. The molecule has 2 aromatic carbocycles. The van der Waals surface area contributed by atoms with Crippen LogP contribution < -0.4 is 10.5 Å². The van der Waals surface area contributed by atoms with Crippen LogP contribution in [0.5, 0.6) is 0 Å². The minimum atomic E-state index is 0.0778. The molecule has 0 saturated carbocycles. The zero-order valence-electron chi connectivity index (χ0n) is 18.8. The summed E-state index contributed by atoms with van der Waals surface area (Å²) in [6.07, 6.45) is 8.49. The van der Waals surface area contributed by atoms with Crippen LogP contribution in [0.2, 0.25) is 0 Å². The van der Waals surface area contributed by atoms with Gasteiger partial charge in [0.05, 0.1) is 29.1 Å². The highest BCUT2D eigenvalue weighted by molar-refractivity contribution is 5.76. The number of para-hydroxylation sites is 2. The molecular weight excluding hydrogens is 410 g/mol. The van der Waals surface area contributed by atoms with Crippen molar-refractivity contribution in [2.75, 3.05) is 31.1 Å². The van der Waals surface area contributed by atoms with E-state index in [4.69, 9.17) is 0 Å². The van der Waals surface area contributed by atoms with Crippen LogP contribution in [0.15, 0.2) is 90.2 Å². The smallest absolute Gasteiger partial charge is 0.261 e. The number of fused-ring (bicyclic) bond motifs is 1. The van der Waals surface area contributed by atoms with Gasteiger partial charge >= 0.3 is 0 Å². The molecule has 3 heterocycles. The maximum Gasteiger partial charge on any atom is 0.261 e. The molecule has 168 valence electrons. The van der Waals surface area contributed by atoms with Gasteiger partial charge in [0.2, 0.25) is 0 Å². The molecule has 1 fully saturated rings. The van der Waals surface area contributed by atoms with Crippen LogP contribution >= 0.6 is 0 Å². The molecule has 5 rings (SSSR count). The van der Waals surface area contributed by atoms with Gasteiger partial charge < -0.3 is 9.80 Å². The van der Waals surface area contributed by atoms with Crippen LogP contribution in [0.4, 0.5) is 11.4 Å². The predicted molar refractivity (Wildman–Crippen MR) is 133 cm³/mol. The molecule has 1 saturated heterocycles. The summed E-state index contributed by atoms with van der Waals surface area (Å²) in [6.45, 7) is 3.98. The van der Waals surface area contributed by atoms with E-state index in [-0.39, 0.29) is 11.6 Å². The molecule has 0 unspecified atom stereocenters. The van der Waals surface area contributed by atoms with Gasteiger partial charge in [-0.05, 0) is 62.2 Å². The SMILES string of the molecule is O=c1c2ccccc2ncn1C1CCN(CCCN(c2ccccc2)c2cccnc2)CC1. The van der Waals surface area contributed by atoms with E-state index in [0.29, 0.717) is 5.39 Å². The Morgan fingerprint density at radius 1 is 0.909 bits per heavy atom. The number of piperidine rings is 1. The first-order valence-electron chi connectivity index (χ1n) is 11.7. The zero-order chi connectivity index (χ0) is 22.5. The van der Waals surface area contributed by atoms with Crippen molar-refractivity contribution in [2.45, 2.75) is 25.3 Å². The lowest BCUT2D eigenvalue weighted by Crippen LogP contribution is -2.38. The molecule has 0 spiro atoms. The van der Waals surface area contributed by atoms with Gasteiger partial charge in [-0.2, -0.15) is 0 Å². The van der Waals surface area contributed by atoms with Gasteiger partial charge in [-0.15, -0.1) is 0 Å². The van der Waals surface area contributed by atoms with Gasteiger partial charge in [0.25, 0.3) is 5.56 Å². The quantitative estimate of drug-likeness (QED) is 0.419. The molecule has 0 N–H and O–H groups in total.